The van der Waals surface area contributed by atoms with E-state index in [4.69, 9.17) is 5.11 Å². The molecular formula is C10H13BrN2O5S2. The summed E-state index contributed by atoms with van der Waals surface area (Å²) >= 11 is 3.85. The van der Waals surface area contributed by atoms with Crippen LogP contribution in [0, 0.1) is 0 Å². The Morgan fingerprint density at radius 3 is 2.30 bits per heavy atom. The van der Waals surface area contributed by atoms with E-state index in [1.165, 1.54) is 26.0 Å². The number of hydrogen-bond donors (Lipinski definition) is 1. The molecule has 0 aliphatic carbocycles. The summed E-state index contributed by atoms with van der Waals surface area (Å²) < 4.78 is 25.6. The van der Waals surface area contributed by atoms with Crippen molar-refractivity contribution >= 4 is 49.2 Å². The number of sulfonamides is 1. The molecule has 0 atom stereocenters. The first-order valence-corrected chi connectivity index (χ1v) is 8.31. The second kappa shape index (κ2) is 6.20. The van der Waals surface area contributed by atoms with Crippen molar-refractivity contribution in [3.63, 3.8) is 0 Å². The van der Waals surface area contributed by atoms with Gasteiger partial charge >= 0.3 is 5.97 Å². The van der Waals surface area contributed by atoms with Gasteiger partial charge in [-0.15, -0.1) is 11.3 Å². The maximum atomic E-state index is 12.3. The predicted molar refractivity (Wildman–Crippen MR) is 77.5 cm³/mol. The van der Waals surface area contributed by atoms with E-state index < -0.39 is 16.0 Å². The largest absolute Gasteiger partial charge is 0.477 e. The Kier molecular flexibility index (Phi) is 5.30. The van der Waals surface area contributed by atoms with Crippen LogP contribution in [0.5, 0.6) is 0 Å². The van der Waals surface area contributed by atoms with Crippen LogP contribution in [0.25, 0.3) is 0 Å². The third kappa shape index (κ3) is 3.57. The molecule has 0 fully saturated rings. The van der Waals surface area contributed by atoms with Crippen molar-refractivity contribution in [2.24, 2.45) is 0 Å². The van der Waals surface area contributed by atoms with Crippen molar-refractivity contribution in [3.05, 3.63) is 14.7 Å². The van der Waals surface area contributed by atoms with Gasteiger partial charge in [0, 0.05) is 21.1 Å². The van der Waals surface area contributed by atoms with Gasteiger partial charge in [0.1, 0.15) is 9.77 Å². The normalized spacial score (nSPS) is 11.7. The molecule has 0 bridgehead atoms. The predicted octanol–water partition coefficient (Wildman–Crippen LogP) is 0.918. The van der Waals surface area contributed by atoms with Crippen LogP contribution in [0.15, 0.2) is 14.7 Å². The van der Waals surface area contributed by atoms with Crippen LogP contribution in [0.1, 0.15) is 9.67 Å². The Labute approximate surface area is 129 Å². The van der Waals surface area contributed by atoms with Gasteiger partial charge in [0.05, 0.1) is 10.3 Å². The van der Waals surface area contributed by atoms with Gasteiger partial charge in [-0.3, -0.25) is 4.79 Å². The zero-order valence-corrected chi connectivity index (χ0v) is 14.2. The van der Waals surface area contributed by atoms with E-state index in [1.807, 2.05) is 0 Å². The molecule has 1 amide bonds. The van der Waals surface area contributed by atoms with Crippen molar-refractivity contribution in [2.45, 2.75) is 4.90 Å². The SMILES string of the molecule is CN(C)C(=O)CN(C)S(=O)(=O)c1cc(C(=O)O)sc1Br. The number of carboxylic acid groups (broad SMARTS) is 1. The van der Waals surface area contributed by atoms with Crippen LogP contribution in [0.2, 0.25) is 0 Å². The van der Waals surface area contributed by atoms with Crippen LogP contribution in [0.3, 0.4) is 0 Å². The number of carbonyl (C=O) groups is 2. The Morgan fingerprint density at radius 1 is 1.35 bits per heavy atom. The third-order valence-electron chi connectivity index (χ3n) is 2.41. The minimum atomic E-state index is -3.92. The second-order valence-electron chi connectivity index (χ2n) is 4.10. The van der Waals surface area contributed by atoms with E-state index in [0.29, 0.717) is 0 Å². The van der Waals surface area contributed by atoms with Crippen molar-refractivity contribution in [1.29, 1.82) is 0 Å². The molecule has 7 nitrogen and oxygen atoms in total. The second-order valence-corrected chi connectivity index (χ2v) is 8.49. The number of carbonyl (C=O) groups excluding carboxylic acids is 1. The highest BCUT2D eigenvalue weighted by molar-refractivity contribution is 9.11. The van der Waals surface area contributed by atoms with Gasteiger partial charge in [0.25, 0.3) is 0 Å². The number of amides is 1. The number of carboxylic acids is 1. The fourth-order valence-corrected chi connectivity index (χ4v) is 4.69. The molecule has 1 heterocycles. The summed E-state index contributed by atoms with van der Waals surface area (Å²) in [4.78, 5) is 23.4. The first kappa shape index (κ1) is 17.1. The monoisotopic (exact) mass is 384 g/mol. The molecule has 20 heavy (non-hydrogen) atoms. The number of rotatable bonds is 5. The summed E-state index contributed by atoms with van der Waals surface area (Å²) in [5.41, 5.74) is 0. The Morgan fingerprint density at radius 2 is 1.90 bits per heavy atom. The molecule has 1 aromatic rings. The standard InChI is InChI=1S/C10H13BrN2O5S2/c1-12(2)8(14)5-13(3)20(17,18)7-4-6(10(15)16)19-9(7)11/h4H,5H2,1-3H3,(H,15,16). The van der Waals surface area contributed by atoms with Gasteiger partial charge in [0.2, 0.25) is 15.9 Å². The number of nitrogens with zero attached hydrogens (tertiary/aromatic N) is 2. The summed E-state index contributed by atoms with van der Waals surface area (Å²) in [7, 11) is 0.380. The van der Waals surface area contributed by atoms with Gasteiger partial charge in [0.15, 0.2) is 0 Å². The Hall–Kier alpha value is -0.970. The number of hydrogen-bond acceptors (Lipinski definition) is 5. The highest BCUT2D eigenvalue weighted by Gasteiger charge is 2.28. The lowest BCUT2D eigenvalue weighted by atomic mass is 10.5. The molecule has 0 spiro atoms. The van der Waals surface area contributed by atoms with Gasteiger partial charge < -0.3 is 10.0 Å². The minimum absolute atomic E-state index is 0.0946. The van der Waals surface area contributed by atoms with Crippen molar-refractivity contribution in [1.82, 2.24) is 9.21 Å². The average molecular weight is 385 g/mol. The Bertz CT molecular complexity index is 638. The molecule has 1 rings (SSSR count). The molecule has 0 aliphatic rings. The lowest BCUT2D eigenvalue weighted by molar-refractivity contribution is -0.128. The maximum Gasteiger partial charge on any atom is 0.345 e. The van der Waals surface area contributed by atoms with E-state index >= 15 is 0 Å². The zero-order chi connectivity index (χ0) is 15.7. The van der Waals surface area contributed by atoms with E-state index in [1.54, 1.807) is 0 Å². The molecular weight excluding hydrogens is 372 g/mol. The molecule has 1 N–H and O–H groups in total. The Balaban J connectivity index is 3.10. The fraction of sp³-hybridized carbons (Fsp3) is 0.400. The topological polar surface area (TPSA) is 95.0 Å². The average Bonchev–Trinajstić information content (AvgIpc) is 2.71. The minimum Gasteiger partial charge on any atom is -0.477 e. The van der Waals surface area contributed by atoms with Gasteiger partial charge in [-0.2, -0.15) is 4.31 Å². The molecule has 0 unspecified atom stereocenters. The zero-order valence-electron chi connectivity index (χ0n) is 11.0. The van der Waals surface area contributed by atoms with Crippen molar-refractivity contribution in [2.75, 3.05) is 27.7 Å². The van der Waals surface area contributed by atoms with Gasteiger partial charge in [-0.05, 0) is 22.0 Å². The summed E-state index contributed by atoms with van der Waals surface area (Å²) in [5.74, 6) is -1.58. The smallest absolute Gasteiger partial charge is 0.345 e. The summed E-state index contributed by atoms with van der Waals surface area (Å²) in [6.07, 6.45) is 0. The third-order valence-corrected chi connectivity index (χ3v) is 6.45. The van der Waals surface area contributed by atoms with Crippen LogP contribution >= 0.6 is 27.3 Å². The first-order valence-electron chi connectivity index (χ1n) is 5.26. The summed E-state index contributed by atoms with van der Waals surface area (Å²) in [6, 6.07) is 1.07. The number of thiophene rings is 1. The van der Waals surface area contributed by atoms with E-state index in [2.05, 4.69) is 15.9 Å². The van der Waals surface area contributed by atoms with Crippen molar-refractivity contribution in [3.8, 4) is 0 Å². The molecule has 0 radical (unpaired) electrons. The summed E-state index contributed by atoms with van der Waals surface area (Å²) in [6.45, 7) is -0.319. The van der Waals surface area contributed by atoms with Gasteiger partial charge in [-0.25, -0.2) is 13.2 Å². The molecule has 0 aromatic carbocycles. The number of aromatic carboxylic acids is 1. The number of halogens is 1. The molecule has 1 aromatic heterocycles. The highest BCUT2D eigenvalue weighted by Crippen LogP contribution is 2.33. The van der Waals surface area contributed by atoms with Crippen LogP contribution in [-0.2, 0) is 14.8 Å². The molecule has 10 heteroatoms. The lowest BCUT2D eigenvalue weighted by Gasteiger charge is -2.18. The van der Waals surface area contributed by atoms with Crippen LogP contribution in [-0.4, -0.2) is 62.3 Å². The van der Waals surface area contributed by atoms with Crippen LogP contribution in [0.4, 0.5) is 0 Å². The van der Waals surface area contributed by atoms with E-state index in [-0.39, 0.29) is 26.0 Å². The molecule has 112 valence electrons. The summed E-state index contributed by atoms with van der Waals surface area (Å²) in [5, 5.41) is 8.87. The first-order chi connectivity index (χ1) is 9.07. The molecule has 0 saturated heterocycles. The number of likely N-dealkylation sites (N-methyl/N-ethyl adjacent to an activating group) is 2. The molecule has 0 saturated carbocycles. The maximum absolute atomic E-state index is 12.3. The lowest BCUT2D eigenvalue weighted by Crippen LogP contribution is -2.37. The van der Waals surface area contributed by atoms with Gasteiger partial charge in [-0.1, -0.05) is 0 Å². The molecule has 0 aliphatic heterocycles. The van der Waals surface area contributed by atoms with Crippen LogP contribution < -0.4 is 0 Å². The quantitative estimate of drug-likeness (QED) is 0.813. The van der Waals surface area contributed by atoms with E-state index in [9.17, 15) is 18.0 Å². The highest BCUT2D eigenvalue weighted by atomic mass is 79.9. The fourth-order valence-electron chi connectivity index (χ4n) is 1.22. The van der Waals surface area contributed by atoms with Crippen molar-refractivity contribution < 1.29 is 23.1 Å². The van der Waals surface area contributed by atoms with E-state index in [0.717, 1.165) is 21.7 Å².